The predicted octanol–water partition coefficient (Wildman–Crippen LogP) is 1.87. The van der Waals surface area contributed by atoms with Gasteiger partial charge in [0.05, 0.1) is 31.2 Å². The summed E-state index contributed by atoms with van der Waals surface area (Å²) in [4.78, 5) is 25.5. The molecule has 1 heterocycles. The van der Waals surface area contributed by atoms with Gasteiger partial charge in [-0.05, 0) is 27.7 Å². The average Bonchev–Trinajstić information content (AvgIpc) is 2.39. The number of amides is 1. The molecule has 0 spiro atoms. The van der Waals surface area contributed by atoms with E-state index < -0.39 is 23.6 Å². The maximum absolute atomic E-state index is 12.2. The molecule has 0 bridgehead atoms. The number of ether oxygens (including phenoxy) is 3. The molecule has 1 atom stereocenters. The molecule has 0 fully saturated rings. The van der Waals surface area contributed by atoms with Crippen LogP contribution in [0.5, 0.6) is 0 Å². The van der Waals surface area contributed by atoms with Gasteiger partial charge in [-0.3, -0.25) is 0 Å². The van der Waals surface area contributed by atoms with Crippen molar-refractivity contribution in [1.29, 1.82) is 0 Å². The standard InChI is InChI=1S/C15H25NO6/c1-6-21-13(18)11-8-16(14(19)22-15(2,3)4)7-10(9-20-5)12(11)17/h10,17H,6-9H2,1-5H3/t10-/m1/s1. The Balaban J connectivity index is 2.97. The Morgan fingerprint density at radius 2 is 2.00 bits per heavy atom. The second kappa shape index (κ2) is 7.49. The lowest BCUT2D eigenvalue weighted by molar-refractivity contribution is -0.139. The Morgan fingerprint density at radius 3 is 2.50 bits per heavy atom. The van der Waals surface area contributed by atoms with Crippen LogP contribution in [0.4, 0.5) is 4.79 Å². The number of aliphatic hydroxyl groups is 1. The molecule has 0 saturated heterocycles. The van der Waals surface area contributed by atoms with Crippen molar-refractivity contribution < 1.29 is 28.9 Å². The Kier molecular flexibility index (Phi) is 6.22. The number of hydrogen-bond acceptors (Lipinski definition) is 6. The number of hydrogen-bond donors (Lipinski definition) is 1. The average molecular weight is 315 g/mol. The van der Waals surface area contributed by atoms with Crippen LogP contribution < -0.4 is 0 Å². The Hall–Kier alpha value is -1.76. The zero-order valence-corrected chi connectivity index (χ0v) is 13.8. The van der Waals surface area contributed by atoms with Gasteiger partial charge in [-0.25, -0.2) is 9.59 Å². The van der Waals surface area contributed by atoms with Crippen LogP contribution in [0.25, 0.3) is 0 Å². The molecule has 7 heteroatoms. The highest BCUT2D eigenvalue weighted by molar-refractivity contribution is 5.90. The normalized spacial score (nSPS) is 19.1. The van der Waals surface area contributed by atoms with E-state index in [1.165, 1.54) is 12.0 Å². The van der Waals surface area contributed by atoms with Crippen molar-refractivity contribution in [3.05, 3.63) is 11.3 Å². The van der Waals surface area contributed by atoms with Crippen molar-refractivity contribution in [2.45, 2.75) is 33.3 Å². The molecule has 0 saturated carbocycles. The van der Waals surface area contributed by atoms with E-state index in [9.17, 15) is 14.7 Å². The minimum atomic E-state index is -0.638. The third kappa shape index (κ3) is 4.91. The molecule has 0 radical (unpaired) electrons. The molecule has 0 aromatic rings. The van der Waals surface area contributed by atoms with Crippen molar-refractivity contribution in [1.82, 2.24) is 4.90 Å². The van der Waals surface area contributed by atoms with E-state index in [0.29, 0.717) is 0 Å². The first-order valence-corrected chi connectivity index (χ1v) is 7.25. The van der Waals surface area contributed by atoms with Crippen molar-refractivity contribution in [3.63, 3.8) is 0 Å². The number of rotatable bonds is 4. The zero-order chi connectivity index (χ0) is 16.9. The van der Waals surface area contributed by atoms with Crippen molar-refractivity contribution in [3.8, 4) is 0 Å². The SMILES string of the molecule is CCOC(=O)C1=C(O)[C@@H](COC)CN(C(=O)OC(C)(C)C)C1. The van der Waals surface area contributed by atoms with Crippen LogP contribution >= 0.6 is 0 Å². The molecule has 1 aliphatic heterocycles. The van der Waals surface area contributed by atoms with Crippen LogP contribution in [-0.2, 0) is 19.0 Å². The largest absolute Gasteiger partial charge is 0.511 e. The number of carbonyl (C=O) groups is 2. The second-order valence-corrected chi connectivity index (χ2v) is 6.10. The molecule has 22 heavy (non-hydrogen) atoms. The number of methoxy groups -OCH3 is 1. The van der Waals surface area contributed by atoms with Crippen molar-refractivity contribution in [2.75, 3.05) is 33.4 Å². The van der Waals surface area contributed by atoms with E-state index >= 15 is 0 Å². The van der Waals surface area contributed by atoms with Crippen LogP contribution in [0.15, 0.2) is 11.3 Å². The van der Waals surface area contributed by atoms with Crippen LogP contribution in [0.1, 0.15) is 27.7 Å². The number of carbonyl (C=O) groups excluding carboxylic acids is 2. The monoisotopic (exact) mass is 315 g/mol. The Morgan fingerprint density at radius 1 is 1.36 bits per heavy atom. The summed E-state index contributed by atoms with van der Waals surface area (Å²) in [5.74, 6) is -1.19. The molecule has 1 N–H and O–H groups in total. The fraction of sp³-hybridized carbons (Fsp3) is 0.733. The fourth-order valence-corrected chi connectivity index (χ4v) is 2.12. The summed E-state index contributed by atoms with van der Waals surface area (Å²) >= 11 is 0. The summed E-state index contributed by atoms with van der Waals surface area (Å²) in [6.07, 6.45) is -0.539. The molecule has 1 amide bonds. The lowest BCUT2D eigenvalue weighted by atomic mass is 9.98. The van der Waals surface area contributed by atoms with Crippen molar-refractivity contribution >= 4 is 12.1 Å². The highest BCUT2D eigenvalue weighted by atomic mass is 16.6. The van der Waals surface area contributed by atoms with E-state index in [0.717, 1.165) is 0 Å². The van der Waals surface area contributed by atoms with Crippen LogP contribution in [-0.4, -0.2) is 61.1 Å². The van der Waals surface area contributed by atoms with Gasteiger partial charge in [-0.1, -0.05) is 0 Å². The first kappa shape index (κ1) is 18.3. The molecule has 0 aliphatic carbocycles. The van der Waals surface area contributed by atoms with E-state index in [1.54, 1.807) is 27.7 Å². The summed E-state index contributed by atoms with van der Waals surface area (Å²) in [5.41, 5.74) is -0.567. The van der Waals surface area contributed by atoms with E-state index in [2.05, 4.69) is 0 Å². The molecule has 7 nitrogen and oxygen atoms in total. The molecule has 0 aromatic carbocycles. The van der Waals surface area contributed by atoms with Gasteiger partial charge in [0.15, 0.2) is 0 Å². The van der Waals surface area contributed by atoms with E-state index in [1.807, 2.05) is 0 Å². The summed E-state index contributed by atoms with van der Waals surface area (Å²) < 4.78 is 15.3. The highest BCUT2D eigenvalue weighted by Gasteiger charge is 2.35. The maximum Gasteiger partial charge on any atom is 0.410 e. The third-order valence-electron chi connectivity index (χ3n) is 3.03. The maximum atomic E-state index is 12.2. The quantitative estimate of drug-likeness (QED) is 0.797. The molecule has 0 unspecified atom stereocenters. The molecule has 0 aromatic heterocycles. The molecular weight excluding hydrogens is 290 g/mol. The van der Waals surface area contributed by atoms with Gasteiger partial charge < -0.3 is 24.2 Å². The first-order valence-electron chi connectivity index (χ1n) is 7.25. The molecule has 126 valence electrons. The zero-order valence-electron chi connectivity index (χ0n) is 13.8. The van der Waals surface area contributed by atoms with Gasteiger partial charge in [0, 0.05) is 13.7 Å². The topological polar surface area (TPSA) is 85.3 Å². The molecule has 1 rings (SSSR count). The van der Waals surface area contributed by atoms with Gasteiger partial charge in [0.2, 0.25) is 0 Å². The Labute approximate surface area is 130 Å². The van der Waals surface area contributed by atoms with Gasteiger partial charge in [0.25, 0.3) is 0 Å². The van der Waals surface area contributed by atoms with E-state index in [-0.39, 0.29) is 37.6 Å². The minimum Gasteiger partial charge on any atom is -0.511 e. The van der Waals surface area contributed by atoms with Gasteiger partial charge in [-0.15, -0.1) is 0 Å². The summed E-state index contributed by atoms with van der Waals surface area (Å²) in [5, 5.41) is 10.2. The van der Waals surface area contributed by atoms with Gasteiger partial charge in [0.1, 0.15) is 11.4 Å². The predicted molar refractivity (Wildman–Crippen MR) is 79.5 cm³/mol. The summed E-state index contributed by atoms with van der Waals surface area (Å²) in [6, 6.07) is 0. The lowest BCUT2D eigenvalue weighted by Crippen LogP contribution is -2.46. The second-order valence-electron chi connectivity index (χ2n) is 6.10. The third-order valence-corrected chi connectivity index (χ3v) is 3.03. The van der Waals surface area contributed by atoms with Crippen LogP contribution in [0, 0.1) is 5.92 Å². The fourth-order valence-electron chi connectivity index (χ4n) is 2.12. The van der Waals surface area contributed by atoms with Crippen LogP contribution in [0.2, 0.25) is 0 Å². The summed E-state index contributed by atoms with van der Waals surface area (Å²) in [7, 11) is 1.49. The Bertz CT molecular complexity index is 451. The first-order chi connectivity index (χ1) is 10.2. The molecule has 1 aliphatic rings. The van der Waals surface area contributed by atoms with E-state index in [4.69, 9.17) is 14.2 Å². The highest BCUT2D eigenvalue weighted by Crippen LogP contribution is 2.24. The van der Waals surface area contributed by atoms with Crippen LogP contribution in [0.3, 0.4) is 0 Å². The smallest absolute Gasteiger partial charge is 0.410 e. The molecular formula is C15H25NO6. The van der Waals surface area contributed by atoms with Gasteiger partial charge >= 0.3 is 12.1 Å². The summed E-state index contributed by atoms with van der Waals surface area (Å²) in [6.45, 7) is 7.53. The van der Waals surface area contributed by atoms with Crippen molar-refractivity contribution in [2.24, 2.45) is 5.92 Å². The van der Waals surface area contributed by atoms with Gasteiger partial charge in [-0.2, -0.15) is 0 Å². The number of aliphatic hydroxyl groups excluding tert-OH is 1. The lowest BCUT2D eigenvalue weighted by Gasteiger charge is -2.34. The number of nitrogens with zero attached hydrogens (tertiary/aromatic N) is 1. The number of esters is 1. The minimum absolute atomic E-state index is 0.0419.